The molecule has 0 amide bonds. The van der Waals surface area contributed by atoms with Crippen molar-refractivity contribution in [1.29, 1.82) is 0 Å². The summed E-state index contributed by atoms with van der Waals surface area (Å²) < 4.78 is 2.09. The molecule has 2 aromatic heterocycles. The maximum absolute atomic E-state index is 6.22. The molecule has 2 heterocycles. The van der Waals surface area contributed by atoms with E-state index in [0.717, 1.165) is 21.5 Å². The number of nitrogens with zero attached hydrogens (tertiary/aromatic N) is 3. The van der Waals surface area contributed by atoms with Crippen LogP contribution in [0.3, 0.4) is 0 Å². The van der Waals surface area contributed by atoms with Crippen molar-refractivity contribution in [1.82, 2.24) is 14.5 Å². The van der Waals surface area contributed by atoms with Crippen molar-refractivity contribution in [2.45, 2.75) is 6.04 Å². The summed E-state index contributed by atoms with van der Waals surface area (Å²) in [5.41, 5.74) is 3.28. The van der Waals surface area contributed by atoms with Crippen molar-refractivity contribution < 1.29 is 0 Å². The Morgan fingerprint density at radius 1 is 0.957 bits per heavy atom. The molecule has 23 heavy (non-hydrogen) atoms. The van der Waals surface area contributed by atoms with Crippen LogP contribution in [0.25, 0.3) is 10.9 Å². The summed E-state index contributed by atoms with van der Waals surface area (Å²) in [6, 6.07) is 18.2. The number of benzene rings is 2. The molecule has 112 valence electrons. The molecule has 0 saturated carbocycles. The topological polar surface area (TPSA) is 30.7 Å². The van der Waals surface area contributed by atoms with Crippen LogP contribution in [0, 0.1) is 0 Å². The van der Waals surface area contributed by atoms with Gasteiger partial charge in [-0.3, -0.25) is 4.98 Å². The van der Waals surface area contributed by atoms with Gasteiger partial charge in [0.15, 0.2) is 0 Å². The molecule has 2 aromatic carbocycles. The highest BCUT2D eigenvalue weighted by molar-refractivity contribution is 6.30. The van der Waals surface area contributed by atoms with E-state index >= 15 is 0 Å². The number of aromatic nitrogens is 3. The Bertz CT molecular complexity index is 942. The Morgan fingerprint density at radius 3 is 2.70 bits per heavy atom. The Balaban J connectivity index is 1.98. The Morgan fingerprint density at radius 2 is 1.87 bits per heavy atom. The molecule has 0 aliphatic rings. The van der Waals surface area contributed by atoms with E-state index < -0.39 is 0 Å². The number of fused-ring (bicyclic) bond motifs is 1. The Kier molecular flexibility index (Phi) is 3.56. The van der Waals surface area contributed by atoms with E-state index in [0.29, 0.717) is 0 Å². The van der Waals surface area contributed by atoms with Crippen LogP contribution in [-0.4, -0.2) is 14.5 Å². The van der Waals surface area contributed by atoms with Crippen LogP contribution in [0.2, 0.25) is 5.02 Å². The predicted octanol–water partition coefficient (Wildman–Crippen LogP) is 4.72. The molecular formula is C19H14ClN3. The molecule has 0 aliphatic carbocycles. The minimum Gasteiger partial charge on any atom is -0.326 e. The van der Waals surface area contributed by atoms with Gasteiger partial charge < -0.3 is 4.57 Å². The average molecular weight is 320 g/mol. The van der Waals surface area contributed by atoms with Crippen molar-refractivity contribution in [2.24, 2.45) is 0 Å². The number of halogens is 1. The number of hydrogen-bond acceptors (Lipinski definition) is 2. The molecular weight excluding hydrogens is 306 g/mol. The first-order chi connectivity index (χ1) is 11.3. The van der Waals surface area contributed by atoms with E-state index in [2.05, 4.69) is 32.7 Å². The van der Waals surface area contributed by atoms with E-state index in [-0.39, 0.29) is 6.04 Å². The fourth-order valence-corrected chi connectivity index (χ4v) is 3.17. The summed E-state index contributed by atoms with van der Waals surface area (Å²) in [4.78, 5) is 8.68. The first-order valence-electron chi connectivity index (χ1n) is 7.39. The van der Waals surface area contributed by atoms with Gasteiger partial charge in [-0.2, -0.15) is 0 Å². The van der Waals surface area contributed by atoms with Crippen LogP contribution in [0.15, 0.2) is 79.5 Å². The van der Waals surface area contributed by atoms with Crippen LogP contribution < -0.4 is 0 Å². The average Bonchev–Trinajstić information content (AvgIpc) is 3.10. The highest BCUT2D eigenvalue weighted by Gasteiger charge is 2.18. The monoisotopic (exact) mass is 319 g/mol. The second-order valence-corrected chi connectivity index (χ2v) is 5.82. The third-order valence-corrected chi connectivity index (χ3v) is 4.20. The number of hydrogen-bond donors (Lipinski definition) is 0. The van der Waals surface area contributed by atoms with Gasteiger partial charge in [0.1, 0.15) is 0 Å². The summed E-state index contributed by atoms with van der Waals surface area (Å²) in [6.07, 6.45) is 7.45. The molecule has 1 atom stereocenters. The molecule has 0 radical (unpaired) electrons. The maximum Gasteiger partial charge on any atom is 0.0954 e. The third kappa shape index (κ3) is 2.60. The van der Waals surface area contributed by atoms with Gasteiger partial charge >= 0.3 is 0 Å². The quantitative estimate of drug-likeness (QED) is 0.547. The van der Waals surface area contributed by atoms with Crippen molar-refractivity contribution in [3.05, 3.63) is 95.7 Å². The van der Waals surface area contributed by atoms with Gasteiger partial charge in [0, 0.05) is 29.0 Å². The van der Waals surface area contributed by atoms with Gasteiger partial charge in [-0.25, -0.2) is 4.98 Å². The predicted molar refractivity (Wildman–Crippen MR) is 92.7 cm³/mol. The van der Waals surface area contributed by atoms with E-state index in [1.54, 1.807) is 6.20 Å². The van der Waals surface area contributed by atoms with Gasteiger partial charge in [0.25, 0.3) is 0 Å². The Hall–Kier alpha value is -2.65. The van der Waals surface area contributed by atoms with Crippen molar-refractivity contribution in [3.8, 4) is 0 Å². The lowest BCUT2D eigenvalue weighted by Crippen LogP contribution is -2.11. The van der Waals surface area contributed by atoms with E-state index in [1.165, 1.54) is 5.56 Å². The van der Waals surface area contributed by atoms with Crippen molar-refractivity contribution in [2.75, 3.05) is 0 Å². The lowest BCUT2D eigenvalue weighted by molar-refractivity contribution is 0.681. The summed E-state index contributed by atoms with van der Waals surface area (Å²) in [5, 5.41) is 1.86. The number of rotatable bonds is 3. The molecule has 4 aromatic rings. The first-order valence-corrected chi connectivity index (χ1v) is 7.77. The second-order valence-electron chi connectivity index (χ2n) is 5.38. The van der Waals surface area contributed by atoms with Crippen LogP contribution in [-0.2, 0) is 0 Å². The molecule has 3 nitrogen and oxygen atoms in total. The fourth-order valence-electron chi connectivity index (χ4n) is 2.97. The zero-order valence-corrected chi connectivity index (χ0v) is 13.1. The molecule has 0 aliphatic heterocycles. The van der Waals surface area contributed by atoms with Gasteiger partial charge in [-0.05, 0) is 35.4 Å². The normalized spacial score (nSPS) is 12.4. The molecule has 0 bridgehead atoms. The molecule has 0 fully saturated rings. The Labute approximate surface area is 139 Å². The maximum atomic E-state index is 6.22. The van der Waals surface area contributed by atoms with Crippen LogP contribution in [0.4, 0.5) is 0 Å². The highest BCUT2D eigenvalue weighted by Crippen LogP contribution is 2.32. The fraction of sp³-hybridized carbons (Fsp3) is 0.0526. The van der Waals surface area contributed by atoms with Crippen LogP contribution in [0.1, 0.15) is 17.2 Å². The molecule has 0 saturated heterocycles. The molecule has 0 N–H and O–H groups in total. The minimum atomic E-state index is 0.00380. The lowest BCUT2D eigenvalue weighted by atomic mass is 9.95. The first kappa shape index (κ1) is 14.0. The number of imidazole rings is 1. The summed E-state index contributed by atoms with van der Waals surface area (Å²) in [5.74, 6) is 0. The number of pyridine rings is 1. The molecule has 4 rings (SSSR count). The lowest BCUT2D eigenvalue weighted by Gasteiger charge is -2.21. The summed E-state index contributed by atoms with van der Waals surface area (Å²) in [7, 11) is 0. The van der Waals surface area contributed by atoms with E-state index in [9.17, 15) is 0 Å². The third-order valence-electron chi connectivity index (χ3n) is 3.96. The van der Waals surface area contributed by atoms with Crippen LogP contribution in [0.5, 0.6) is 0 Å². The van der Waals surface area contributed by atoms with Crippen LogP contribution >= 0.6 is 11.6 Å². The van der Waals surface area contributed by atoms with Gasteiger partial charge in [-0.15, -0.1) is 0 Å². The molecule has 0 spiro atoms. The van der Waals surface area contributed by atoms with Crippen molar-refractivity contribution >= 4 is 22.5 Å². The van der Waals surface area contributed by atoms with Crippen molar-refractivity contribution in [3.63, 3.8) is 0 Å². The molecule has 4 heteroatoms. The van der Waals surface area contributed by atoms with E-state index in [1.807, 2.05) is 55.1 Å². The second kappa shape index (κ2) is 5.86. The molecule has 0 unspecified atom stereocenters. The van der Waals surface area contributed by atoms with E-state index in [4.69, 9.17) is 11.6 Å². The zero-order valence-electron chi connectivity index (χ0n) is 12.3. The SMILES string of the molecule is Clc1cccc([C@@H](c2ccnc3ccccc23)n2ccnc2)c1. The minimum absolute atomic E-state index is 0.00380. The summed E-state index contributed by atoms with van der Waals surface area (Å²) in [6.45, 7) is 0. The van der Waals surface area contributed by atoms with Gasteiger partial charge in [0.05, 0.1) is 17.9 Å². The zero-order chi connectivity index (χ0) is 15.6. The van der Waals surface area contributed by atoms with Gasteiger partial charge in [-0.1, -0.05) is 41.9 Å². The standard InChI is InChI=1S/C19H14ClN3/c20-15-5-3-4-14(12-15)19(23-11-10-21-13-23)17-8-9-22-18-7-2-1-6-16(17)18/h1-13,19H/t19-/m0/s1. The largest absolute Gasteiger partial charge is 0.326 e. The van der Waals surface area contributed by atoms with Gasteiger partial charge in [0.2, 0.25) is 0 Å². The number of para-hydroxylation sites is 1. The highest BCUT2D eigenvalue weighted by atomic mass is 35.5. The smallest absolute Gasteiger partial charge is 0.0954 e. The summed E-state index contributed by atoms with van der Waals surface area (Å²) >= 11 is 6.22.